The smallest absolute Gasteiger partial charge is 0.247 e. The van der Waals surface area contributed by atoms with Gasteiger partial charge in [-0.15, -0.1) is 0 Å². The molecule has 0 aromatic heterocycles. The van der Waals surface area contributed by atoms with Crippen LogP contribution in [0.3, 0.4) is 0 Å². The molecule has 0 heterocycles. The lowest BCUT2D eigenvalue weighted by atomic mass is 10.0. The Morgan fingerprint density at radius 2 is 1.71 bits per heavy atom. The fourth-order valence-corrected chi connectivity index (χ4v) is 3.42. The van der Waals surface area contributed by atoms with Crippen molar-refractivity contribution in [2.24, 2.45) is 0 Å². The fraction of sp³-hybridized carbons (Fsp3) is 0.407. The maximum absolute atomic E-state index is 13.4. The van der Waals surface area contributed by atoms with Crippen molar-refractivity contribution in [3.05, 3.63) is 71.8 Å². The number of nitrogens with one attached hydrogen (secondary N) is 1. The van der Waals surface area contributed by atoms with Gasteiger partial charge < -0.3 is 25.2 Å². The second-order valence-electron chi connectivity index (χ2n) is 9.23. The molecule has 2 unspecified atom stereocenters. The fourth-order valence-electron chi connectivity index (χ4n) is 3.42. The minimum atomic E-state index is -0.970. The van der Waals surface area contributed by atoms with Crippen molar-refractivity contribution in [1.82, 2.24) is 10.2 Å². The van der Waals surface area contributed by atoms with Crippen LogP contribution in [0.5, 0.6) is 5.75 Å². The van der Waals surface area contributed by atoms with Crippen molar-refractivity contribution >= 4 is 17.9 Å². The molecule has 2 amide bonds. The van der Waals surface area contributed by atoms with Gasteiger partial charge in [0, 0.05) is 18.2 Å². The normalized spacial score (nSPS) is 13.4. The van der Waals surface area contributed by atoms with Gasteiger partial charge in [0.05, 0.1) is 19.8 Å². The third kappa shape index (κ3) is 9.00. The van der Waals surface area contributed by atoms with E-state index in [0.29, 0.717) is 5.75 Å². The Labute approximate surface area is 202 Å². The van der Waals surface area contributed by atoms with Crippen LogP contribution in [0.4, 0.5) is 0 Å². The lowest BCUT2D eigenvalue weighted by molar-refractivity contribution is -0.139. The molecular formula is C27H36N2O5. The molecular weight excluding hydrogens is 432 g/mol. The van der Waals surface area contributed by atoms with Gasteiger partial charge in [0.1, 0.15) is 11.8 Å². The molecule has 2 rings (SSSR count). The van der Waals surface area contributed by atoms with Crippen LogP contribution in [0.2, 0.25) is 0 Å². The molecule has 0 bridgehead atoms. The highest BCUT2D eigenvalue weighted by Crippen LogP contribution is 2.19. The molecule has 0 aliphatic carbocycles. The Morgan fingerprint density at radius 1 is 1.06 bits per heavy atom. The number of nitrogens with zero attached hydrogens (tertiary/aromatic N) is 1. The quantitative estimate of drug-likeness (QED) is 0.440. The molecule has 0 radical (unpaired) electrons. The van der Waals surface area contributed by atoms with Gasteiger partial charge in [-0.2, -0.15) is 0 Å². The maximum Gasteiger partial charge on any atom is 0.247 e. The van der Waals surface area contributed by atoms with Gasteiger partial charge in [-0.25, -0.2) is 0 Å². The molecule has 0 saturated heterocycles. The summed E-state index contributed by atoms with van der Waals surface area (Å²) in [7, 11) is 1.58. The first-order valence-corrected chi connectivity index (χ1v) is 11.4. The number of aliphatic hydroxyl groups is 2. The molecule has 7 nitrogen and oxygen atoms in total. The number of methoxy groups -OCH3 is 1. The van der Waals surface area contributed by atoms with E-state index in [1.54, 1.807) is 25.3 Å². The summed E-state index contributed by atoms with van der Waals surface area (Å²) in [6.45, 7) is 5.40. The lowest BCUT2D eigenvalue weighted by Crippen LogP contribution is -2.53. The van der Waals surface area contributed by atoms with Gasteiger partial charge in [0.2, 0.25) is 11.8 Å². The van der Waals surface area contributed by atoms with Crippen molar-refractivity contribution in [2.75, 3.05) is 13.7 Å². The van der Waals surface area contributed by atoms with E-state index in [1.165, 1.54) is 11.0 Å². The number of carbonyl (C=O) groups is 2. The van der Waals surface area contributed by atoms with Crippen LogP contribution in [0.15, 0.2) is 60.7 Å². The van der Waals surface area contributed by atoms with Gasteiger partial charge in [0.25, 0.3) is 0 Å². The highest BCUT2D eigenvalue weighted by molar-refractivity contribution is 5.95. The molecule has 0 fully saturated rings. The van der Waals surface area contributed by atoms with E-state index in [1.807, 2.05) is 63.2 Å². The van der Waals surface area contributed by atoms with E-state index in [-0.39, 0.29) is 31.2 Å². The Kier molecular flexibility index (Phi) is 10.3. The minimum Gasteiger partial charge on any atom is -0.497 e. The molecule has 34 heavy (non-hydrogen) atoms. The summed E-state index contributed by atoms with van der Waals surface area (Å²) in [6, 6.07) is 15.9. The summed E-state index contributed by atoms with van der Waals surface area (Å²) < 4.78 is 5.22. The number of aliphatic hydroxyl groups excluding tert-OH is 2. The average molecular weight is 469 g/mol. The summed E-state index contributed by atoms with van der Waals surface area (Å²) in [4.78, 5) is 28.2. The van der Waals surface area contributed by atoms with Crippen LogP contribution in [-0.4, -0.2) is 58.3 Å². The van der Waals surface area contributed by atoms with E-state index >= 15 is 0 Å². The highest BCUT2D eigenvalue weighted by Gasteiger charge is 2.31. The Bertz CT molecular complexity index is 936. The molecule has 2 aromatic carbocycles. The van der Waals surface area contributed by atoms with Crippen molar-refractivity contribution in [1.29, 1.82) is 0 Å². The molecule has 2 atom stereocenters. The summed E-state index contributed by atoms with van der Waals surface area (Å²) >= 11 is 0. The van der Waals surface area contributed by atoms with E-state index in [4.69, 9.17) is 4.74 Å². The van der Waals surface area contributed by atoms with Gasteiger partial charge in [-0.05, 0) is 62.9 Å². The standard InChI is InChI=1S/C27H36N2O5/c1-27(2,3)28-26(33)24(16-13-22(31)19-30)29(18-21-10-14-23(34-4)15-11-21)25(32)17-12-20-8-6-5-7-9-20/h5-12,14-15,17,22,24,30-31H,13,16,18-19H2,1-4H3,(H,28,33)/b17-12+. The molecule has 0 saturated carbocycles. The number of amides is 2. The summed E-state index contributed by atoms with van der Waals surface area (Å²) in [6.07, 6.45) is 2.57. The van der Waals surface area contributed by atoms with Crippen LogP contribution in [0.1, 0.15) is 44.7 Å². The van der Waals surface area contributed by atoms with Crippen LogP contribution < -0.4 is 10.1 Å². The Hall–Kier alpha value is -3.16. The summed E-state index contributed by atoms with van der Waals surface area (Å²) in [5.41, 5.74) is 1.20. The molecule has 7 heteroatoms. The molecule has 0 spiro atoms. The number of ether oxygens (including phenoxy) is 1. The number of hydrogen-bond donors (Lipinski definition) is 3. The minimum absolute atomic E-state index is 0.174. The molecule has 2 aromatic rings. The Morgan fingerprint density at radius 3 is 2.26 bits per heavy atom. The number of benzene rings is 2. The largest absolute Gasteiger partial charge is 0.497 e. The second kappa shape index (κ2) is 12.9. The van der Waals surface area contributed by atoms with Gasteiger partial charge >= 0.3 is 0 Å². The maximum atomic E-state index is 13.4. The van der Waals surface area contributed by atoms with Crippen molar-refractivity contribution in [3.63, 3.8) is 0 Å². The molecule has 0 aliphatic heterocycles. The number of hydrogen-bond acceptors (Lipinski definition) is 5. The van der Waals surface area contributed by atoms with E-state index in [9.17, 15) is 19.8 Å². The van der Waals surface area contributed by atoms with E-state index < -0.39 is 24.3 Å². The number of carbonyl (C=O) groups excluding carboxylic acids is 2. The van der Waals surface area contributed by atoms with Gasteiger partial charge in [0.15, 0.2) is 0 Å². The first-order valence-electron chi connectivity index (χ1n) is 11.4. The van der Waals surface area contributed by atoms with E-state index in [2.05, 4.69) is 5.32 Å². The topological polar surface area (TPSA) is 99.1 Å². The molecule has 3 N–H and O–H groups in total. The first-order chi connectivity index (χ1) is 16.1. The number of rotatable bonds is 11. The predicted molar refractivity (Wildman–Crippen MR) is 133 cm³/mol. The molecule has 0 aliphatic rings. The van der Waals surface area contributed by atoms with Crippen LogP contribution >= 0.6 is 0 Å². The highest BCUT2D eigenvalue weighted by atomic mass is 16.5. The van der Waals surface area contributed by atoms with Crippen molar-refractivity contribution in [2.45, 2.75) is 57.8 Å². The summed E-state index contributed by atoms with van der Waals surface area (Å²) in [5, 5.41) is 22.1. The second-order valence-corrected chi connectivity index (χ2v) is 9.23. The average Bonchev–Trinajstić information content (AvgIpc) is 2.81. The lowest BCUT2D eigenvalue weighted by Gasteiger charge is -2.33. The van der Waals surface area contributed by atoms with Crippen LogP contribution in [0.25, 0.3) is 6.08 Å². The predicted octanol–water partition coefficient (Wildman–Crippen LogP) is 3.15. The third-order valence-corrected chi connectivity index (χ3v) is 5.17. The first kappa shape index (κ1) is 27.1. The van der Waals surface area contributed by atoms with Gasteiger partial charge in [-0.3, -0.25) is 9.59 Å². The SMILES string of the molecule is COc1ccc(CN(C(=O)/C=C/c2ccccc2)C(CCC(O)CO)C(=O)NC(C)(C)C)cc1. The zero-order valence-electron chi connectivity index (χ0n) is 20.4. The Balaban J connectivity index is 2.39. The third-order valence-electron chi connectivity index (χ3n) is 5.17. The monoisotopic (exact) mass is 468 g/mol. The summed E-state index contributed by atoms with van der Waals surface area (Å²) in [5.74, 6) is 0.0542. The van der Waals surface area contributed by atoms with Crippen LogP contribution in [0, 0.1) is 0 Å². The zero-order chi connectivity index (χ0) is 25.1. The van der Waals surface area contributed by atoms with Crippen molar-refractivity contribution < 1.29 is 24.5 Å². The zero-order valence-corrected chi connectivity index (χ0v) is 20.4. The van der Waals surface area contributed by atoms with Crippen molar-refractivity contribution in [3.8, 4) is 5.75 Å². The van der Waals surface area contributed by atoms with E-state index in [0.717, 1.165) is 11.1 Å². The van der Waals surface area contributed by atoms with Crippen LogP contribution in [-0.2, 0) is 16.1 Å². The van der Waals surface area contributed by atoms with Gasteiger partial charge in [-0.1, -0.05) is 42.5 Å². The molecule has 184 valence electrons.